The van der Waals surface area contributed by atoms with Gasteiger partial charge in [0.05, 0.1) is 22.7 Å². The molecule has 132 valence electrons. The lowest BCUT2D eigenvalue weighted by Gasteiger charge is -2.25. The van der Waals surface area contributed by atoms with Crippen molar-refractivity contribution in [3.05, 3.63) is 45.4 Å². The number of primary amides is 1. The van der Waals surface area contributed by atoms with E-state index in [4.69, 9.17) is 28.9 Å². The first-order valence-corrected chi connectivity index (χ1v) is 7.91. The molecule has 2 N–H and O–H groups in total. The van der Waals surface area contributed by atoms with E-state index in [1.165, 1.54) is 36.4 Å². The van der Waals surface area contributed by atoms with Gasteiger partial charge in [-0.25, -0.2) is 14.4 Å². The third kappa shape index (κ3) is 3.82. The Morgan fingerprint density at radius 2 is 1.31 bits per heavy atom. The highest BCUT2D eigenvalue weighted by Gasteiger charge is 2.23. The van der Waals surface area contributed by atoms with E-state index in [9.17, 15) is 14.4 Å². The highest BCUT2D eigenvalue weighted by Crippen LogP contribution is 2.40. The number of halogens is 2. The van der Waals surface area contributed by atoms with Crippen molar-refractivity contribution in [3.8, 4) is 0 Å². The number of rotatable bonds is 4. The van der Waals surface area contributed by atoms with Crippen LogP contribution in [-0.2, 0) is 9.59 Å². The predicted octanol–water partition coefficient (Wildman–Crippen LogP) is 4.76. The van der Waals surface area contributed by atoms with E-state index in [1.807, 2.05) is 0 Å². The van der Waals surface area contributed by atoms with Crippen LogP contribution in [0, 0.1) is 13.8 Å². The van der Waals surface area contributed by atoms with Crippen LogP contribution in [0.5, 0.6) is 0 Å². The summed E-state index contributed by atoms with van der Waals surface area (Å²) < 4.78 is 0. The Bertz CT molecular complexity index is 920. The van der Waals surface area contributed by atoms with Crippen LogP contribution < -0.4 is 10.6 Å². The van der Waals surface area contributed by atoms with Gasteiger partial charge in [0.15, 0.2) is 0 Å². The van der Waals surface area contributed by atoms with Gasteiger partial charge in [-0.15, -0.1) is 0 Å². The zero-order valence-corrected chi connectivity index (χ0v) is 15.2. The molecule has 2 aromatic rings. The number of benzene rings is 2. The molecule has 2 rings (SSSR count). The SMILES string of the molecule is Cc1c(N=C=O)cc(Cl)cc1N(C(N)=O)c1cc(Cl)cc(N=C=O)c1C. The van der Waals surface area contributed by atoms with Gasteiger partial charge in [-0.2, -0.15) is 9.98 Å². The number of hydrogen-bond donors (Lipinski definition) is 1. The summed E-state index contributed by atoms with van der Waals surface area (Å²) in [4.78, 5) is 41.8. The zero-order valence-electron chi connectivity index (χ0n) is 13.7. The van der Waals surface area contributed by atoms with Crippen LogP contribution in [0.4, 0.5) is 27.5 Å². The van der Waals surface area contributed by atoms with Gasteiger partial charge in [-0.05, 0) is 49.2 Å². The zero-order chi connectivity index (χ0) is 19.4. The van der Waals surface area contributed by atoms with E-state index in [1.54, 1.807) is 13.8 Å². The summed E-state index contributed by atoms with van der Waals surface area (Å²) in [5.74, 6) is 0. The van der Waals surface area contributed by atoms with Gasteiger partial charge in [0.2, 0.25) is 12.2 Å². The minimum Gasteiger partial charge on any atom is -0.351 e. The van der Waals surface area contributed by atoms with Crippen molar-refractivity contribution in [1.29, 1.82) is 0 Å². The fourth-order valence-electron chi connectivity index (χ4n) is 2.46. The minimum absolute atomic E-state index is 0.233. The Morgan fingerprint density at radius 1 is 0.923 bits per heavy atom. The van der Waals surface area contributed by atoms with Gasteiger partial charge in [-0.3, -0.25) is 4.90 Å². The lowest BCUT2D eigenvalue weighted by atomic mass is 10.1. The van der Waals surface area contributed by atoms with Crippen molar-refractivity contribution in [3.63, 3.8) is 0 Å². The van der Waals surface area contributed by atoms with Crippen molar-refractivity contribution >= 4 is 64.1 Å². The number of isocyanates is 2. The van der Waals surface area contributed by atoms with E-state index in [0.717, 1.165) is 4.90 Å². The van der Waals surface area contributed by atoms with Crippen molar-refractivity contribution in [2.45, 2.75) is 13.8 Å². The Labute approximate surface area is 158 Å². The molecular formula is C17H12Cl2N4O3. The average molecular weight is 391 g/mol. The lowest BCUT2D eigenvalue weighted by Crippen LogP contribution is -2.32. The Kier molecular flexibility index (Phi) is 5.93. The predicted molar refractivity (Wildman–Crippen MR) is 99.7 cm³/mol. The van der Waals surface area contributed by atoms with Gasteiger partial charge < -0.3 is 5.73 Å². The molecule has 0 spiro atoms. The third-order valence-electron chi connectivity index (χ3n) is 3.67. The molecule has 9 heteroatoms. The molecule has 2 amide bonds. The number of nitrogens with two attached hydrogens (primary N) is 1. The number of nitrogens with zero attached hydrogens (tertiary/aromatic N) is 3. The second-order valence-corrected chi connectivity index (χ2v) is 6.09. The van der Waals surface area contributed by atoms with Crippen molar-refractivity contribution in [1.82, 2.24) is 0 Å². The van der Waals surface area contributed by atoms with E-state index >= 15 is 0 Å². The Morgan fingerprint density at radius 3 is 1.62 bits per heavy atom. The highest BCUT2D eigenvalue weighted by atomic mass is 35.5. The summed E-state index contributed by atoms with van der Waals surface area (Å²) in [6.45, 7) is 3.28. The van der Waals surface area contributed by atoms with E-state index in [0.29, 0.717) is 22.5 Å². The lowest BCUT2D eigenvalue weighted by molar-refractivity contribution is 0.256. The summed E-state index contributed by atoms with van der Waals surface area (Å²) in [5.41, 5.74) is 7.57. The van der Waals surface area contributed by atoms with Crippen molar-refractivity contribution < 1.29 is 14.4 Å². The molecule has 0 fully saturated rings. The average Bonchev–Trinajstić information content (AvgIpc) is 2.56. The summed E-state index contributed by atoms with van der Waals surface area (Å²) in [6.07, 6.45) is 2.87. The van der Waals surface area contributed by atoms with E-state index in [-0.39, 0.29) is 21.4 Å². The molecule has 0 bridgehead atoms. The number of anilines is 2. The first kappa shape index (κ1) is 19.4. The Balaban J connectivity index is 2.83. The quantitative estimate of drug-likeness (QED) is 0.600. The van der Waals surface area contributed by atoms with Crippen LogP contribution in [-0.4, -0.2) is 18.2 Å². The van der Waals surface area contributed by atoms with Crippen LogP contribution in [0.2, 0.25) is 10.0 Å². The van der Waals surface area contributed by atoms with Gasteiger partial charge in [0.25, 0.3) is 0 Å². The third-order valence-corrected chi connectivity index (χ3v) is 4.11. The highest BCUT2D eigenvalue weighted by molar-refractivity contribution is 6.32. The molecule has 0 aliphatic carbocycles. The molecule has 7 nitrogen and oxygen atoms in total. The monoisotopic (exact) mass is 390 g/mol. The second kappa shape index (κ2) is 7.95. The number of aliphatic imine (C=N–C) groups is 2. The van der Waals surface area contributed by atoms with Crippen molar-refractivity contribution in [2.24, 2.45) is 15.7 Å². The molecule has 0 heterocycles. The molecule has 0 atom stereocenters. The minimum atomic E-state index is -0.831. The van der Waals surface area contributed by atoms with E-state index < -0.39 is 6.03 Å². The molecule has 0 saturated carbocycles. The number of amides is 2. The number of urea groups is 1. The largest absolute Gasteiger partial charge is 0.351 e. The summed E-state index contributed by atoms with van der Waals surface area (Å²) in [7, 11) is 0. The molecule has 0 saturated heterocycles. The number of hydrogen-bond acceptors (Lipinski definition) is 5. The van der Waals surface area contributed by atoms with Crippen LogP contribution in [0.1, 0.15) is 11.1 Å². The van der Waals surface area contributed by atoms with Gasteiger partial charge in [-0.1, -0.05) is 23.2 Å². The molecule has 26 heavy (non-hydrogen) atoms. The maximum atomic E-state index is 12.2. The van der Waals surface area contributed by atoms with Crippen LogP contribution >= 0.6 is 23.2 Å². The molecule has 0 aromatic heterocycles. The summed E-state index contributed by atoms with van der Waals surface area (Å²) in [6, 6.07) is 5.07. The molecule has 0 aliphatic rings. The fraction of sp³-hybridized carbons (Fsp3) is 0.118. The maximum Gasteiger partial charge on any atom is 0.323 e. The normalized spacial score (nSPS) is 9.85. The second-order valence-electron chi connectivity index (χ2n) is 5.22. The summed E-state index contributed by atoms with van der Waals surface area (Å²) in [5, 5.41) is 0.466. The van der Waals surface area contributed by atoms with Gasteiger partial charge >= 0.3 is 6.03 Å². The number of carbonyl (C=O) groups is 1. The fourth-order valence-corrected chi connectivity index (χ4v) is 2.88. The van der Waals surface area contributed by atoms with Crippen LogP contribution in [0.25, 0.3) is 0 Å². The molecule has 0 aliphatic heterocycles. The van der Waals surface area contributed by atoms with Crippen molar-refractivity contribution in [2.75, 3.05) is 4.90 Å². The van der Waals surface area contributed by atoms with E-state index in [2.05, 4.69) is 9.98 Å². The van der Waals surface area contributed by atoms with Gasteiger partial charge in [0.1, 0.15) is 0 Å². The first-order chi connectivity index (χ1) is 12.3. The first-order valence-electron chi connectivity index (χ1n) is 7.15. The Hall–Kier alpha value is -2.95. The topological polar surface area (TPSA) is 105 Å². The molecule has 0 unspecified atom stereocenters. The number of carbonyl (C=O) groups excluding carboxylic acids is 3. The molecule has 0 radical (unpaired) electrons. The molecule has 2 aromatic carbocycles. The van der Waals surface area contributed by atoms with Crippen LogP contribution in [0.3, 0.4) is 0 Å². The maximum absolute atomic E-state index is 12.2. The van der Waals surface area contributed by atoms with Gasteiger partial charge in [0, 0.05) is 10.0 Å². The summed E-state index contributed by atoms with van der Waals surface area (Å²) >= 11 is 12.2. The molecular weight excluding hydrogens is 379 g/mol. The smallest absolute Gasteiger partial charge is 0.323 e. The standard InChI is InChI=1S/C17H12Cl2N4O3/c1-9-13(21-7-24)3-11(18)5-15(9)23(17(20)26)16-6-12(19)4-14(10(16)2)22-8-25/h3-6H,1-2H3,(H2,20,26). The van der Waals surface area contributed by atoms with Crippen LogP contribution in [0.15, 0.2) is 34.3 Å².